The molecule has 0 aliphatic heterocycles. The molecule has 2 heterocycles. The van der Waals surface area contributed by atoms with Gasteiger partial charge < -0.3 is 10.6 Å². The molecule has 0 spiro atoms. The first-order valence-electron chi connectivity index (χ1n) is 8.11. The van der Waals surface area contributed by atoms with E-state index in [0.29, 0.717) is 12.1 Å². The Labute approximate surface area is 132 Å². The normalized spacial score (nSPS) is 21.4. The predicted octanol–water partition coefficient (Wildman–Crippen LogP) is 3.93. The van der Waals surface area contributed by atoms with Crippen LogP contribution in [0.5, 0.6) is 0 Å². The summed E-state index contributed by atoms with van der Waals surface area (Å²) in [5.74, 6) is 1.94. The summed E-state index contributed by atoms with van der Waals surface area (Å²) in [5.41, 5.74) is 2.09. The summed E-state index contributed by atoms with van der Waals surface area (Å²) < 4.78 is 0. The first-order chi connectivity index (χ1) is 10.7. The fraction of sp³-hybridized carbons (Fsp3) is 0.444. The molecule has 1 saturated carbocycles. The molecule has 1 aliphatic carbocycles. The average molecular weight is 296 g/mol. The molecule has 0 saturated heterocycles. The fourth-order valence-corrected chi connectivity index (χ4v) is 3.10. The Balaban J connectivity index is 1.71. The van der Waals surface area contributed by atoms with Crippen LogP contribution in [0, 0.1) is 13.8 Å². The van der Waals surface area contributed by atoms with Crippen molar-refractivity contribution in [3.63, 3.8) is 0 Å². The zero-order valence-electron chi connectivity index (χ0n) is 13.3. The highest BCUT2D eigenvalue weighted by atomic mass is 15.1. The largest absolute Gasteiger partial charge is 0.365 e. The lowest BCUT2D eigenvalue weighted by molar-refractivity contribution is 0.422. The molecule has 2 atom stereocenters. The molecular weight excluding hydrogens is 272 g/mol. The van der Waals surface area contributed by atoms with Crippen molar-refractivity contribution in [3.8, 4) is 0 Å². The summed E-state index contributed by atoms with van der Waals surface area (Å²) in [5, 5.41) is 7.21. The maximum Gasteiger partial charge on any atom is 0.126 e. The average Bonchev–Trinajstić information content (AvgIpc) is 2.49. The zero-order valence-corrected chi connectivity index (χ0v) is 13.3. The highest BCUT2D eigenvalue weighted by Gasteiger charge is 2.25. The number of hydrogen-bond acceptors (Lipinski definition) is 4. The summed E-state index contributed by atoms with van der Waals surface area (Å²) in [6, 6.07) is 13.0. The van der Waals surface area contributed by atoms with E-state index in [4.69, 9.17) is 0 Å². The molecule has 22 heavy (non-hydrogen) atoms. The van der Waals surface area contributed by atoms with Crippen LogP contribution in [-0.4, -0.2) is 22.1 Å². The zero-order chi connectivity index (χ0) is 15.4. The van der Waals surface area contributed by atoms with Gasteiger partial charge in [-0.25, -0.2) is 9.97 Å². The van der Waals surface area contributed by atoms with Gasteiger partial charge in [0.05, 0.1) is 0 Å². The lowest BCUT2D eigenvalue weighted by Crippen LogP contribution is -2.42. The fourth-order valence-electron chi connectivity index (χ4n) is 3.10. The molecule has 0 bridgehead atoms. The summed E-state index contributed by atoms with van der Waals surface area (Å²) in [6.07, 6.45) is 4.87. The van der Waals surface area contributed by atoms with Gasteiger partial charge in [-0.15, -0.1) is 0 Å². The van der Waals surface area contributed by atoms with Crippen molar-refractivity contribution in [1.29, 1.82) is 0 Å². The molecule has 1 fully saturated rings. The van der Waals surface area contributed by atoms with Crippen LogP contribution in [-0.2, 0) is 0 Å². The van der Waals surface area contributed by atoms with Crippen molar-refractivity contribution in [2.75, 3.05) is 10.6 Å². The van der Waals surface area contributed by atoms with Crippen LogP contribution in [0.1, 0.15) is 37.1 Å². The second-order valence-electron chi connectivity index (χ2n) is 6.11. The lowest BCUT2D eigenvalue weighted by Gasteiger charge is -2.33. The molecule has 0 radical (unpaired) electrons. The summed E-state index contributed by atoms with van der Waals surface area (Å²) >= 11 is 0. The minimum absolute atomic E-state index is 0.394. The molecule has 2 aromatic rings. The second-order valence-corrected chi connectivity index (χ2v) is 6.11. The molecule has 4 nitrogen and oxygen atoms in total. The third kappa shape index (κ3) is 3.75. The summed E-state index contributed by atoms with van der Waals surface area (Å²) in [7, 11) is 0. The van der Waals surface area contributed by atoms with E-state index in [1.165, 1.54) is 25.7 Å². The van der Waals surface area contributed by atoms with Crippen LogP contribution >= 0.6 is 0 Å². The monoisotopic (exact) mass is 296 g/mol. The van der Waals surface area contributed by atoms with E-state index in [2.05, 4.69) is 32.7 Å². The van der Waals surface area contributed by atoms with E-state index in [1.54, 1.807) is 0 Å². The van der Waals surface area contributed by atoms with Gasteiger partial charge >= 0.3 is 0 Å². The second kappa shape index (κ2) is 6.77. The number of hydrogen-bond donors (Lipinski definition) is 2. The highest BCUT2D eigenvalue weighted by Crippen LogP contribution is 2.24. The van der Waals surface area contributed by atoms with E-state index < -0.39 is 0 Å². The van der Waals surface area contributed by atoms with Gasteiger partial charge in [-0.1, -0.05) is 25.0 Å². The van der Waals surface area contributed by atoms with Crippen LogP contribution in [0.2, 0.25) is 0 Å². The van der Waals surface area contributed by atoms with Crippen LogP contribution in [0.4, 0.5) is 11.6 Å². The van der Waals surface area contributed by atoms with Crippen molar-refractivity contribution in [2.45, 2.75) is 51.6 Å². The first-order valence-corrected chi connectivity index (χ1v) is 8.11. The van der Waals surface area contributed by atoms with Gasteiger partial charge in [0.25, 0.3) is 0 Å². The molecule has 0 unspecified atom stereocenters. The Hall–Kier alpha value is -2.10. The van der Waals surface area contributed by atoms with Crippen LogP contribution in [0.25, 0.3) is 0 Å². The first kappa shape index (κ1) is 14.8. The van der Waals surface area contributed by atoms with E-state index in [9.17, 15) is 0 Å². The van der Waals surface area contributed by atoms with Crippen molar-refractivity contribution >= 4 is 11.6 Å². The lowest BCUT2D eigenvalue weighted by atomic mass is 9.90. The Morgan fingerprint density at radius 1 is 0.773 bits per heavy atom. The minimum Gasteiger partial charge on any atom is -0.365 e. The van der Waals surface area contributed by atoms with Gasteiger partial charge in [-0.2, -0.15) is 0 Å². The molecule has 4 heteroatoms. The highest BCUT2D eigenvalue weighted by molar-refractivity contribution is 5.41. The van der Waals surface area contributed by atoms with Gasteiger partial charge in [0.1, 0.15) is 11.6 Å². The number of nitrogens with zero attached hydrogens (tertiary/aromatic N) is 2. The third-order valence-electron chi connectivity index (χ3n) is 4.21. The maximum atomic E-state index is 4.57. The van der Waals surface area contributed by atoms with E-state index in [0.717, 1.165) is 23.0 Å². The Bertz CT molecular complexity index is 570. The molecule has 3 rings (SSSR count). The predicted molar refractivity (Wildman–Crippen MR) is 91.2 cm³/mol. The minimum atomic E-state index is 0.394. The van der Waals surface area contributed by atoms with Gasteiger partial charge in [-0.05, 0) is 51.0 Å². The van der Waals surface area contributed by atoms with E-state index in [1.807, 2.05) is 38.1 Å². The van der Waals surface area contributed by atoms with Crippen LogP contribution in [0.15, 0.2) is 36.4 Å². The molecule has 1 aliphatic rings. The smallest absolute Gasteiger partial charge is 0.126 e. The number of nitrogens with one attached hydrogen (secondary N) is 2. The van der Waals surface area contributed by atoms with Crippen molar-refractivity contribution in [1.82, 2.24) is 9.97 Å². The quantitative estimate of drug-likeness (QED) is 0.897. The van der Waals surface area contributed by atoms with Gasteiger partial charge in [0.15, 0.2) is 0 Å². The Morgan fingerprint density at radius 2 is 1.23 bits per heavy atom. The molecule has 0 aromatic carbocycles. The molecule has 2 aromatic heterocycles. The Kier molecular flexibility index (Phi) is 4.56. The number of pyridine rings is 2. The van der Waals surface area contributed by atoms with E-state index in [-0.39, 0.29) is 0 Å². The third-order valence-corrected chi connectivity index (χ3v) is 4.21. The van der Waals surface area contributed by atoms with Gasteiger partial charge in [0, 0.05) is 23.5 Å². The topological polar surface area (TPSA) is 49.8 Å². The maximum absolute atomic E-state index is 4.57. The molecule has 116 valence electrons. The van der Waals surface area contributed by atoms with Crippen molar-refractivity contribution in [2.24, 2.45) is 0 Å². The molecular formula is C18H24N4. The number of aryl methyl sites for hydroxylation is 2. The van der Waals surface area contributed by atoms with Crippen molar-refractivity contribution in [3.05, 3.63) is 47.8 Å². The summed E-state index contributed by atoms with van der Waals surface area (Å²) in [4.78, 5) is 9.14. The number of anilines is 2. The Morgan fingerprint density at radius 3 is 1.64 bits per heavy atom. The molecule has 2 N–H and O–H groups in total. The van der Waals surface area contributed by atoms with Crippen LogP contribution in [0.3, 0.4) is 0 Å². The van der Waals surface area contributed by atoms with Crippen molar-refractivity contribution < 1.29 is 0 Å². The van der Waals surface area contributed by atoms with Crippen LogP contribution < -0.4 is 10.6 Å². The van der Waals surface area contributed by atoms with Gasteiger partial charge in [-0.3, -0.25) is 0 Å². The number of rotatable bonds is 4. The molecule has 0 amide bonds. The number of aromatic nitrogens is 2. The summed E-state index contributed by atoms with van der Waals surface area (Å²) in [6.45, 7) is 4.05. The van der Waals surface area contributed by atoms with E-state index >= 15 is 0 Å². The SMILES string of the molecule is Cc1cccc(N[C@@H]2CCCC[C@H]2Nc2cccc(C)n2)n1. The van der Waals surface area contributed by atoms with Gasteiger partial charge in [0.2, 0.25) is 0 Å². The standard InChI is InChI=1S/C18H24N4/c1-13-7-5-11-17(19-13)21-15-9-3-4-10-16(15)22-18-12-6-8-14(2)20-18/h5-8,11-12,15-16H,3-4,9-10H2,1-2H3,(H,19,21)(H,20,22)/t15-,16-/m1/s1.